The van der Waals surface area contributed by atoms with Gasteiger partial charge in [-0.05, 0) is 31.9 Å². The Morgan fingerprint density at radius 3 is 2.67 bits per heavy atom. The van der Waals surface area contributed by atoms with Crippen LogP contribution in [0.5, 0.6) is 5.75 Å². The summed E-state index contributed by atoms with van der Waals surface area (Å²) in [5, 5.41) is 4.55. The lowest BCUT2D eigenvalue weighted by Gasteiger charge is -2.15. The first-order chi connectivity index (χ1) is 10.2. The van der Waals surface area contributed by atoms with E-state index in [-0.39, 0.29) is 6.04 Å². The Morgan fingerprint density at radius 1 is 1.24 bits per heavy atom. The third-order valence-electron chi connectivity index (χ3n) is 3.71. The van der Waals surface area contributed by atoms with Gasteiger partial charge in [0.1, 0.15) is 12.4 Å². The number of hydrogen-bond acceptors (Lipinski definition) is 3. The number of ether oxygens (including phenoxy) is 1. The van der Waals surface area contributed by atoms with Crippen LogP contribution in [0.3, 0.4) is 0 Å². The third kappa shape index (κ3) is 3.64. The van der Waals surface area contributed by atoms with Gasteiger partial charge in [-0.2, -0.15) is 5.10 Å². The molecule has 4 heteroatoms. The molecule has 0 spiro atoms. The highest BCUT2D eigenvalue weighted by molar-refractivity contribution is 5.35. The van der Waals surface area contributed by atoms with E-state index in [0.29, 0.717) is 6.61 Å². The molecule has 2 aromatic rings. The Hall–Kier alpha value is -1.81. The van der Waals surface area contributed by atoms with Gasteiger partial charge in [0.25, 0.3) is 0 Å². The smallest absolute Gasteiger partial charge is 0.130 e. The summed E-state index contributed by atoms with van der Waals surface area (Å²) < 4.78 is 8.01. The van der Waals surface area contributed by atoms with Gasteiger partial charge < -0.3 is 10.5 Å². The minimum Gasteiger partial charge on any atom is -0.487 e. The molecule has 2 rings (SSSR count). The topological polar surface area (TPSA) is 53.1 Å². The van der Waals surface area contributed by atoms with E-state index in [9.17, 15) is 0 Å². The Labute approximate surface area is 126 Å². The molecule has 1 aromatic heterocycles. The van der Waals surface area contributed by atoms with E-state index < -0.39 is 0 Å². The predicted octanol–water partition coefficient (Wildman–Crippen LogP) is 3.45. The molecule has 114 valence electrons. The number of aromatic nitrogens is 2. The van der Waals surface area contributed by atoms with Gasteiger partial charge in [-0.25, -0.2) is 0 Å². The van der Waals surface area contributed by atoms with Crippen LogP contribution in [0.15, 0.2) is 30.3 Å². The minimum atomic E-state index is 0.0171. The van der Waals surface area contributed by atoms with Crippen molar-refractivity contribution in [2.24, 2.45) is 5.73 Å². The molecule has 21 heavy (non-hydrogen) atoms. The van der Waals surface area contributed by atoms with Crippen molar-refractivity contribution in [2.75, 3.05) is 0 Å². The fourth-order valence-electron chi connectivity index (χ4n) is 2.37. The fourth-order valence-corrected chi connectivity index (χ4v) is 2.37. The van der Waals surface area contributed by atoms with Crippen LogP contribution in [0.1, 0.15) is 50.2 Å². The summed E-state index contributed by atoms with van der Waals surface area (Å²) in [6.45, 7) is 7.67. The summed E-state index contributed by atoms with van der Waals surface area (Å²) in [6, 6.07) is 10.1. The molecule has 0 amide bonds. The molecular weight excluding hydrogens is 262 g/mol. The van der Waals surface area contributed by atoms with Crippen LogP contribution < -0.4 is 10.5 Å². The van der Waals surface area contributed by atoms with Gasteiger partial charge >= 0.3 is 0 Å². The van der Waals surface area contributed by atoms with Crippen LogP contribution in [0.2, 0.25) is 0 Å². The van der Waals surface area contributed by atoms with E-state index in [0.717, 1.165) is 42.1 Å². The normalized spacial score (nSPS) is 12.4. The standard InChI is InChI=1S/C17H25N3O/c1-4-13-11-14(20(6-3)19-13)12-21-17-10-8-7-9-15(17)16(18)5-2/h7-11,16H,4-6,12,18H2,1-3H3. The number of nitrogens with two attached hydrogens (primary N) is 1. The summed E-state index contributed by atoms with van der Waals surface area (Å²) in [5.74, 6) is 0.869. The van der Waals surface area contributed by atoms with Crippen molar-refractivity contribution in [1.29, 1.82) is 0 Å². The second kappa shape index (κ2) is 7.27. The molecule has 0 bridgehead atoms. The maximum absolute atomic E-state index is 6.15. The first-order valence-electron chi connectivity index (χ1n) is 7.72. The zero-order valence-corrected chi connectivity index (χ0v) is 13.2. The molecule has 1 unspecified atom stereocenters. The zero-order valence-electron chi connectivity index (χ0n) is 13.2. The second-order valence-corrected chi connectivity index (χ2v) is 5.14. The van der Waals surface area contributed by atoms with E-state index in [1.54, 1.807) is 0 Å². The monoisotopic (exact) mass is 287 g/mol. The van der Waals surface area contributed by atoms with E-state index in [2.05, 4.69) is 31.9 Å². The van der Waals surface area contributed by atoms with Crippen LogP contribution in [0.25, 0.3) is 0 Å². The zero-order chi connectivity index (χ0) is 15.2. The van der Waals surface area contributed by atoms with E-state index in [1.165, 1.54) is 0 Å². The van der Waals surface area contributed by atoms with Crippen LogP contribution in [-0.4, -0.2) is 9.78 Å². The van der Waals surface area contributed by atoms with Crippen molar-refractivity contribution in [3.63, 3.8) is 0 Å². The van der Waals surface area contributed by atoms with Gasteiger partial charge in [-0.3, -0.25) is 4.68 Å². The molecule has 0 radical (unpaired) electrons. The number of para-hydroxylation sites is 1. The van der Waals surface area contributed by atoms with E-state index in [4.69, 9.17) is 10.5 Å². The molecule has 0 aliphatic carbocycles. The summed E-state index contributed by atoms with van der Waals surface area (Å²) in [5.41, 5.74) is 9.43. The Bertz CT molecular complexity index is 577. The Kier molecular flexibility index (Phi) is 5.39. The highest BCUT2D eigenvalue weighted by Gasteiger charge is 2.11. The van der Waals surface area contributed by atoms with E-state index in [1.807, 2.05) is 28.9 Å². The van der Waals surface area contributed by atoms with Crippen molar-refractivity contribution < 1.29 is 4.74 Å². The number of aryl methyl sites for hydroxylation is 2. The van der Waals surface area contributed by atoms with Crippen molar-refractivity contribution in [3.05, 3.63) is 47.3 Å². The fraction of sp³-hybridized carbons (Fsp3) is 0.471. The summed E-state index contributed by atoms with van der Waals surface area (Å²) >= 11 is 0. The lowest BCUT2D eigenvalue weighted by molar-refractivity contribution is 0.287. The van der Waals surface area contributed by atoms with Crippen molar-refractivity contribution in [1.82, 2.24) is 9.78 Å². The molecule has 1 atom stereocenters. The van der Waals surface area contributed by atoms with Crippen LogP contribution >= 0.6 is 0 Å². The molecule has 0 aliphatic rings. The van der Waals surface area contributed by atoms with Crippen molar-refractivity contribution in [3.8, 4) is 5.75 Å². The maximum atomic E-state index is 6.15. The first-order valence-corrected chi connectivity index (χ1v) is 7.72. The summed E-state index contributed by atoms with van der Waals surface area (Å²) in [7, 11) is 0. The number of benzene rings is 1. The highest BCUT2D eigenvalue weighted by atomic mass is 16.5. The van der Waals surface area contributed by atoms with Gasteiger partial charge in [-0.15, -0.1) is 0 Å². The van der Waals surface area contributed by atoms with Crippen molar-refractivity contribution >= 4 is 0 Å². The summed E-state index contributed by atoms with van der Waals surface area (Å²) in [6.07, 6.45) is 1.84. The Morgan fingerprint density at radius 2 is 2.00 bits per heavy atom. The molecule has 0 fully saturated rings. The second-order valence-electron chi connectivity index (χ2n) is 5.14. The molecule has 1 aromatic carbocycles. The minimum absolute atomic E-state index is 0.0171. The predicted molar refractivity (Wildman–Crippen MR) is 85.3 cm³/mol. The molecule has 4 nitrogen and oxygen atoms in total. The first kappa shape index (κ1) is 15.6. The Balaban J connectivity index is 2.15. The largest absolute Gasteiger partial charge is 0.487 e. The highest BCUT2D eigenvalue weighted by Crippen LogP contribution is 2.26. The molecule has 1 heterocycles. The quantitative estimate of drug-likeness (QED) is 0.848. The van der Waals surface area contributed by atoms with Gasteiger partial charge in [0.15, 0.2) is 0 Å². The number of rotatable bonds is 7. The molecule has 0 aliphatic heterocycles. The van der Waals surface area contributed by atoms with Crippen LogP contribution in [-0.2, 0) is 19.6 Å². The lowest BCUT2D eigenvalue weighted by atomic mass is 10.0. The SMILES string of the molecule is CCc1cc(COc2ccccc2C(N)CC)n(CC)n1. The number of hydrogen-bond donors (Lipinski definition) is 1. The average Bonchev–Trinajstić information content (AvgIpc) is 2.94. The van der Waals surface area contributed by atoms with Gasteiger partial charge in [-0.1, -0.05) is 32.0 Å². The third-order valence-corrected chi connectivity index (χ3v) is 3.71. The van der Waals surface area contributed by atoms with E-state index >= 15 is 0 Å². The average molecular weight is 287 g/mol. The van der Waals surface area contributed by atoms with Gasteiger partial charge in [0, 0.05) is 18.2 Å². The van der Waals surface area contributed by atoms with Crippen molar-refractivity contribution in [2.45, 2.75) is 52.8 Å². The van der Waals surface area contributed by atoms with Gasteiger partial charge in [0.05, 0.1) is 11.4 Å². The molecule has 0 saturated carbocycles. The van der Waals surface area contributed by atoms with Crippen LogP contribution in [0, 0.1) is 0 Å². The molecular formula is C17H25N3O. The molecule has 0 saturated heterocycles. The van der Waals surface area contributed by atoms with Crippen LogP contribution in [0.4, 0.5) is 0 Å². The maximum Gasteiger partial charge on any atom is 0.130 e. The molecule has 2 N–H and O–H groups in total. The van der Waals surface area contributed by atoms with Gasteiger partial charge in [0.2, 0.25) is 0 Å². The summed E-state index contributed by atoms with van der Waals surface area (Å²) in [4.78, 5) is 0. The lowest BCUT2D eigenvalue weighted by Crippen LogP contribution is -2.12. The number of nitrogens with zero attached hydrogens (tertiary/aromatic N) is 2.